The van der Waals surface area contributed by atoms with Crippen molar-refractivity contribution in [2.24, 2.45) is 0 Å². The van der Waals surface area contributed by atoms with E-state index in [0.717, 1.165) is 6.61 Å². The quantitative estimate of drug-likeness (QED) is 0.367. The lowest BCUT2D eigenvalue weighted by molar-refractivity contribution is 0.199. The molecule has 0 N–H and O–H groups in total. The van der Waals surface area contributed by atoms with Crippen molar-refractivity contribution in [2.75, 3.05) is 13.7 Å². The Balaban J connectivity index is 2.80. The fraction of sp³-hybridized carbons (Fsp3) is 1.00. The third-order valence-electron chi connectivity index (χ3n) is 1.72. The molecular weight excluding hydrogens is 172 g/mol. The van der Waals surface area contributed by atoms with Crippen LogP contribution in [0.2, 0.25) is 12.1 Å². The Kier molecular flexibility index (Phi) is 9.03. The van der Waals surface area contributed by atoms with E-state index in [0.29, 0.717) is 5.25 Å². The maximum Gasteiger partial charge on any atom is 0.0459 e. The minimum absolute atomic E-state index is 0.219. The van der Waals surface area contributed by atoms with Gasteiger partial charge in [0.2, 0.25) is 0 Å². The predicted octanol–water partition coefficient (Wildman–Crippen LogP) is 1.74. The third-order valence-corrected chi connectivity index (χ3v) is 3.89. The molecule has 0 aromatic rings. The molecule has 0 aliphatic rings. The van der Waals surface area contributed by atoms with Crippen LogP contribution in [0, 0.1) is 0 Å². The second kappa shape index (κ2) is 8.62. The third kappa shape index (κ3) is 10.5. The summed E-state index contributed by atoms with van der Waals surface area (Å²) >= 11 is 4.34. The monoisotopic (exact) mass is 192 g/mol. The first-order valence-corrected chi connectivity index (χ1v) is 6.96. The van der Waals surface area contributed by atoms with Gasteiger partial charge in [0.05, 0.1) is 0 Å². The largest absolute Gasteiger partial charge is 0.385 e. The van der Waals surface area contributed by atoms with Crippen LogP contribution in [0.1, 0.15) is 19.8 Å². The lowest BCUT2D eigenvalue weighted by atomic mass is 10.4. The molecule has 0 aromatic carbocycles. The molecule has 0 aliphatic heterocycles. The molecule has 0 aromatic heterocycles. The van der Waals surface area contributed by atoms with E-state index < -0.39 is 0 Å². The highest BCUT2D eigenvalue weighted by molar-refractivity contribution is 7.80. The van der Waals surface area contributed by atoms with Crippen molar-refractivity contribution in [1.82, 2.24) is 0 Å². The van der Waals surface area contributed by atoms with Gasteiger partial charge < -0.3 is 4.74 Å². The summed E-state index contributed by atoms with van der Waals surface area (Å²) in [7, 11) is 1.99. The van der Waals surface area contributed by atoms with Crippen LogP contribution < -0.4 is 0 Å². The number of thiol groups is 1. The first kappa shape index (κ1) is 11.5. The smallest absolute Gasteiger partial charge is 0.0459 e. The Morgan fingerprint density at radius 2 is 2.18 bits per heavy atom. The second-order valence-electron chi connectivity index (χ2n) is 3.04. The maximum atomic E-state index is 4.98. The molecule has 0 saturated heterocycles. The first-order chi connectivity index (χ1) is 5.27. The van der Waals surface area contributed by atoms with Gasteiger partial charge in [-0.15, -0.1) is 0 Å². The number of hydrogen-bond acceptors (Lipinski definition) is 2. The minimum atomic E-state index is 0.219. The number of rotatable bonds is 7. The van der Waals surface area contributed by atoms with E-state index in [4.69, 9.17) is 4.74 Å². The van der Waals surface area contributed by atoms with Gasteiger partial charge >= 0.3 is 0 Å². The van der Waals surface area contributed by atoms with E-state index >= 15 is 0 Å². The van der Waals surface area contributed by atoms with Crippen LogP contribution in [-0.2, 0) is 4.74 Å². The van der Waals surface area contributed by atoms with Crippen LogP contribution in [0.3, 0.4) is 0 Å². The molecule has 0 radical (unpaired) electrons. The van der Waals surface area contributed by atoms with Gasteiger partial charge in [0.25, 0.3) is 0 Å². The van der Waals surface area contributed by atoms with Crippen molar-refractivity contribution in [1.29, 1.82) is 0 Å². The molecule has 0 heterocycles. The van der Waals surface area contributed by atoms with Crippen molar-refractivity contribution in [2.45, 2.75) is 37.1 Å². The van der Waals surface area contributed by atoms with Gasteiger partial charge in [-0.2, -0.15) is 12.6 Å². The highest BCUT2D eigenvalue weighted by Crippen LogP contribution is 2.04. The molecule has 1 nitrogen and oxygen atoms in total. The highest BCUT2D eigenvalue weighted by atomic mass is 32.1. The summed E-state index contributed by atoms with van der Waals surface area (Å²) in [6.45, 7) is 3.12. The van der Waals surface area contributed by atoms with Crippen LogP contribution in [0.15, 0.2) is 0 Å². The Hall–Kier alpha value is 0.527. The molecule has 1 unspecified atom stereocenters. The fourth-order valence-corrected chi connectivity index (χ4v) is 3.38. The molecule has 0 rings (SSSR count). The van der Waals surface area contributed by atoms with Crippen LogP contribution in [0.25, 0.3) is 0 Å². The lowest BCUT2D eigenvalue weighted by Gasteiger charge is -2.02. The zero-order valence-corrected chi connectivity index (χ0v) is 9.98. The Labute approximate surface area is 78.1 Å². The van der Waals surface area contributed by atoms with Crippen LogP contribution in [-0.4, -0.2) is 28.5 Å². The second-order valence-corrected chi connectivity index (χ2v) is 6.05. The molecule has 11 heavy (non-hydrogen) atoms. The minimum Gasteiger partial charge on any atom is -0.385 e. The summed E-state index contributed by atoms with van der Waals surface area (Å²) in [5, 5.41) is 0.602. The summed E-state index contributed by atoms with van der Waals surface area (Å²) in [6, 6.07) is 2.89. The fourth-order valence-electron chi connectivity index (χ4n) is 1.04. The molecule has 3 heteroatoms. The lowest BCUT2D eigenvalue weighted by Crippen LogP contribution is -1.97. The van der Waals surface area contributed by atoms with Crippen molar-refractivity contribution >= 4 is 22.1 Å². The van der Waals surface area contributed by atoms with Crippen LogP contribution in [0.5, 0.6) is 0 Å². The Morgan fingerprint density at radius 1 is 1.45 bits per heavy atom. The highest BCUT2D eigenvalue weighted by Gasteiger charge is 1.94. The van der Waals surface area contributed by atoms with Gasteiger partial charge in [0.15, 0.2) is 0 Å². The van der Waals surface area contributed by atoms with Crippen LogP contribution in [0.4, 0.5) is 0 Å². The van der Waals surface area contributed by atoms with Crippen molar-refractivity contribution in [3.05, 3.63) is 0 Å². The number of hydrogen-bond donors (Lipinski definition) is 1. The zero-order chi connectivity index (χ0) is 8.53. The normalized spacial score (nSPS) is 14.5. The summed E-state index contributed by atoms with van der Waals surface area (Å²) < 4.78 is 4.98. The standard InChI is InChI=1S/C8H20OSSi/c1-8(10)4-7-11-6-3-5-9-2/h8,10H,3-7,11H2,1-2H3. The molecule has 1 atom stereocenters. The van der Waals surface area contributed by atoms with E-state index in [2.05, 4.69) is 19.6 Å². The van der Waals surface area contributed by atoms with Crippen molar-refractivity contribution in [3.63, 3.8) is 0 Å². The van der Waals surface area contributed by atoms with Crippen molar-refractivity contribution < 1.29 is 4.74 Å². The molecule has 0 spiro atoms. The van der Waals surface area contributed by atoms with Crippen molar-refractivity contribution in [3.8, 4) is 0 Å². The van der Waals surface area contributed by atoms with E-state index in [1.807, 2.05) is 0 Å². The Bertz CT molecular complexity index is 78.5. The van der Waals surface area contributed by atoms with Gasteiger partial charge in [-0.1, -0.05) is 19.0 Å². The molecule has 0 amide bonds. The zero-order valence-electron chi connectivity index (χ0n) is 7.68. The molecular formula is C8H20OSSi. The summed E-state index contributed by atoms with van der Waals surface area (Å²) in [6.07, 6.45) is 2.58. The van der Waals surface area contributed by atoms with E-state index in [-0.39, 0.29) is 9.52 Å². The van der Waals surface area contributed by atoms with E-state index in [9.17, 15) is 0 Å². The van der Waals surface area contributed by atoms with E-state index in [1.165, 1.54) is 24.9 Å². The molecule has 0 bridgehead atoms. The van der Waals surface area contributed by atoms with Crippen LogP contribution >= 0.6 is 12.6 Å². The van der Waals surface area contributed by atoms with Gasteiger partial charge in [-0.05, 0) is 18.1 Å². The topological polar surface area (TPSA) is 9.23 Å². The summed E-state index contributed by atoms with van der Waals surface area (Å²) in [5.41, 5.74) is 0. The number of methoxy groups -OCH3 is 1. The SMILES string of the molecule is COCCC[SiH2]CCC(C)S. The van der Waals surface area contributed by atoms with Gasteiger partial charge in [-0.25, -0.2) is 0 Å². The maximum absolute atomic E-state index is 4.98. The number of ether oxygens (including phenoxy) is 1. The molecule has 0 saturated carbocycles. The molecule has 68 valence electrons. The average Bonchev–Trinajstić information content (AvgIpc) is 1.96. The average molecular weight is 192 g/mol. The summed E-state index contributed by atoms with van der Waals surface area (Å²) in [5.74, 6) is 0. The first-order valence-electron chi connectivity index (χ1n) is 4.44. The predicted molar refractivity (Wildman–Crippen MR) is 57.7 cm³/mol. The van der Waals surface area contributed by atoms with Gasteiger partial charge in [0, 0.05) is 23.2 Å². The van der Waals surface area contributed by atoms with Gasteiger partial charge in [-0.3, -0.25) is 0 Å². The molecule has 0 fully saturated rings. The molecule has 0 aliphatic carbocycles. The van der Waals surface area contributed by atoms with E-state index in [1.54, 1.807) is 7.11 Å². The van der Waals surface area contributed by atoms with Gasteiger partial charge in [0.1, 0.15) is 0 Å². The Morgan fingerprint density at radius 3 is 2.73 bits per heavy atom. The summed E-state index contributed by atoms with van der Waals surface area (Å²) in [4.78, 5) is 0.